The standard InChI is InChI=1S/C27H24BrCl2N3O4/c1-16(2)11-12-32-22-14-20(29)21(30)15-23(22)33(18-8-4-3-5-9-18)26(35)24(25(32)34)31-27(36)37-19-10-6-7-17(28)13-19/h3-10,13-16,24H,11-12H2,1-2H3,(H,31,36). The topological polar surface area (TPSA) is 79.0 Å². The number of nitrogens with zero attached hydrogens (tertiary/aromatic N) is 2. The van der Waals surface area contributed by atoms with Gasteiger partial charge in [-0.2, -0.15) is 0 Å². The molecule has 3 aromatic carbocycles. The largest absolute Gasteiger partial charge is 0.413 e. The fourth-order valence-electron chi connectivity index (χ4n) is 3.92. The van der Waals surface area contributed by atoms with Crippen LogP contribution < -0.4 is 19.9 Å². The molecule has 1 aliphatic rings. The Balaban J connectivity index is 1.79. The lowest BCUT2D eigenvalue weighted by atomic mass is 10.1. The normalized spacial score (nSPS) is 15.5. The Hall–Kier alpha value is -3.07. The van der Waals surface area contributed by atoms with E-state index in [1.165, 1.54) is 9.80 Å². The maximum Gasteiger partial charge on any atom is 0.413 e. The Bertz CT molecular complexity index is 1340. The summed E-state index contributed by atoms with van der Waals surface area (Å²) in [6, 6.07) is 17.1. The number of amides is 3. The minimum absolute atomic E-state index is 0.228. The predicted octanol–water partition coefficient (Wildman–Crippen LogP) is 6.97. The first kappa shape index (κ1) is 27.0. The highest BCUT2D eigenvalue weighted by molar-refractivity contribution is 9.10. The number of halogens is 3. The minimum atomic E-state index is -1.56. The van der Waals surface area contributed by atoms with Crippen LogP contribution in [0.2, 0.25) is 10.0 Å². The molecule has 37 heavy (non-hydrogen) atoms. The van der Waals surface area contributed by atoms with E-state index in [4.69, 9.17) is 27.9 Å². The van der Waals surface area contributed by atoms with Gasteiger partial charge in [0.2, 0.25) is 0 Å². The zero-order valence-corrected chi connectivity index (χ0v) is 23.2. The van der Waals surface area contributed by atoms with Crippen LogP contribution in [0.15, 0.2) is 71.2 Å². The summed E-state index contributed by atoms with van der Waals surface area (Å²) in [6.07, 6.45) is -0.288. The Morgan fingerprint density at radius 2 is 1.65 bits per heavy atom. The number of para-hydroxylation sites is 1. The van der Waals surface area contributed by atoms with E-state index in [1.54, 1.807) is 60.7 Å². The van der Waals surface area contributed by atoms with Crippen molar-refractivity contribution in [3.63, 3.8) is 0 Å². The lowest BCUT2D eigenvalue weighted by molar-refractivity contribution is -0.128. The van der Waals surface area contributed by atoms with Crippen LogP contribution in [0, 0.1) is 5.92 Å². The number of ether oxygens (including phenoxy) is 1. The second-order valence-electron chi connectivity index (χ2n) is 8.86. The third kappa shape index (κ3) is 6.09. The van der Waals surface area contributed by atoms with Gasteiger partial charge in [0.15, 0.2) is 6.04 Å². The number of anilines is 3. The molecule has 1 N–H and O–H groups in total. The van der Waals surface area contributed by atoms with Crippen molar-refractivity contribution >= 4 is 74.1 Å². The van der Waals surface area contributed by atoms with Crippen LogP contribution in [0.1, 0.15) is 20.3 Å². The average molecular weight is 605 g/mol. The molecule has 4 rings (SSSR count). The third-order valence-corrected chi connectivity index (χ3v) is 6.96. The molecule has 0 aliphatic carbocycles. The summed E-state index contributed by atoms with van der Waals surface area (Å²) in [5, 5.41) is 2.95. The Morgan fingerprint density at radius 3 is 2.30 bits per heavy atom. The van der Waals surface area contributed by atoms with E-state index in [-0.39, 0.29) is 21.7 Å². The van der Waals surface area contributed by atoms with E-state index in [0.717, 1.165) is 0 Å². The van der Waals surface area contributed by atoms with E-state index in [1.807, 2.05) is 19.9 Å². The second-order valence-corrected chi connectivity index (χ2v) is 10.6. The minimum Gasteiger partial charge on any atom is -0.410 e. The lowest BCUT2D eigenvalue weighted by Crippen LogP contribution is -2.55. The molecule has 3 aromatic rings. The molecule has 0 fully saturated rings. The number of rotatable bonds is 6. The van der Waals surface area contributed by atoms with Crippen molar-refractivity contribution in [3.8, 4) is 5.75 Å². The van der Waals surface area contributed by atoms with Crippen LogP contribution >= 0.6 is 39.1 Å². The molecule has 0 radical (unpaired) electrons. The van der Waals surface area contributed by atoms with Crippen molar-refractivity contribution in [1.29, 1.82) is 0 Å². The molecule has 192 valence electrons. The summed E-state index contributed by atoms with van der Waals surface area (Å²) < 4.78 is 6.07. The van der Waals surface area contributed by atoms with Crippen LogP contribution in [0.5, 0.6) is 5.75 Å². The number of hydrogen-bond donors (Lipinski definition) is 1. The Kier molecular flexibility index (Phi) is 8.42. The molecule has 1 unspecified atom stereocenters. The van der Waals surface area contributed by atoms with Gasteiger partial charge in [-0.05, 0) is 54.8 Å². The number of hydrogen-bond acceptors (Lipinski definition) is 4. The zero-order chi connectivity index (χ0) is 26.7. The molecule has 10 heteroatoms. The third-order valence-electron chi connectivity index (χ3n) is 5.74. The van der Waals surface area contributed by atoms with E-state index < -0.39 is 23.9 Å². The quantitative estimate of drug-likeness (QED) is 0.308. The molecule has 0 bridgehead atoms. The molecule has 0 spiro atoms. The van der Waals surface area contributed by atoms with Gasteiger partial charge < -0.3 is 15.0 Å². The molecule has 7 nitrogen and oxygen atoms in total. The van der Waals surface area contributed by atoms with Gasteiger partial charge in [0.05, 0.1) is 21.4 Å². The second kappa shape index (κ2) is 11.5. The monoisotopic (exact) mass is 603 g/mol. The summed E-state index contributed by atoms with van der Waals surface area (Å²) in [5.74, 6) is -0.737. The summed E-state index contributed by atoms with van der Waals surface area (Å²) in [4.78, 5) is 43.5. The maximum absolute atomic E-state index is 14.0. The van der Waals surface area contributed by atoms with Gasteiger partial charge in [-0.1, -0.05) is 77.2 Å². The number of carbonyl (C=O) groups excluding carboxylic acids is 3. The molecule has 1 atom stereocenters. The van der Waals surface area contributed by atoms with E-state index in [0.29, 0.717) is 34.5 Å². The zero-order valence-electron chi connectivity index (χ0n) is 20.1. The lowest BCUT2D eigenvalue weighted by Gasteiger charge is -2.26. The van der Waals surface area contributed by atoms with Crippen LogP contribution in [0.4, 0.5) is 21.9 Å². The molecule has 1 heterocycles. The number of fused-ring (bicyclic) bond motifs is 1. The number of benzene rings is 3. The molecule has 0 aromatic heterocycles. The molecular weight excluding hydrogens is 581 g/mol. The summed E-state index contributed by atoms with van der Waals surface area (Å²) >= 11 is 16.1. The van der Waals surface area contributed by atoms with Gasteiger partial charge in [0.25, 0.3) is 11.8 Å². The van der Waals surface area contributed by atoms with Crippen molar-refractivity contribution in [2.24, 2.45) is 5.92 Å². The highest BCUT2D eigenvalue weighted by Gasteiger charge is 2.42. The van der Waals surface area contributed by atoms with Crippen LogP contribution in [-0.2, 0) is 9.59 Å². The van der Waals surface area contributed by atoms with E-state index >= 15 is 0 Å². The first-order chi connectivity index (χ1) is 17.7. The highest BCUT2D eigenvalue weighted by atomic mass is 79.9. The first-order valence-electron chi connectivity index (χ1n) is 11.6. The van der Waals surface area contributed by atoms with Crippen LogP contribution in [-0.4, -0.2) is 30.5 Å². The molecule has 1 aliphatic heterocycles. The fourth-order valence-corrected chi connectivity index (χ4v) is 4.61. The fraction of sp³-hybridized carbons (Fsp3) is 0.222. The van der Waals surface area contributed by atoms with Crippen molar-refractivity contribution in [2.75, 3.05) is 16.3 Å². The molecule has 0 saturated heterocycles. The van der Waals surface area contributed by atoms with E-state index in [2.05, 4.69) is 21.2 Å². The van der Waals surface area contributed by atoms with Crippen molar-refractivity contribution in [3.05, 3.63) is 81.2 Å². The highest BCUT2D eigenvalue weighted by Crippen LogP contribution is 2.42. The van der Waals surface area contributed by atoms with Gasteiger partial charge in [-0.25, -0.2) is 4.79 Å². The molecule has 0 saturated carbocycles. The van der Waals surface area contributed by atoms with Crippen molar-refractivity contribution in [2.45, 2.75) is 26.3 Å². The van der Waals surface area contributed by atoms with Gasteiger partial charge in [-0.15, -0.1) is 0 Å². The van der Waals surface area contributed by atoms with Crippen molar-refractivity contribution < 1.29 is 19.1 Å². The Morgan fingerprint density at radius 1 is 0.973 bits per heavy atom. The van der Waals surface area contributed by atoms with Gasteiger partial charge in [0.1, 0.15) is 5.75 Å². The van der Waals surface area contributed by atoms with Gasteiger partial charge >= 0.3 is 6.09 Å². The number of carbonyl (C=O) groups is 3. The van der Waals surface area contributed by atoms with Gasteiger partial charge in [0, 0.05) is 16.7 Å². The smallest absolute Gasteiger partial charge is 0.410 e. The number of nitrogens with one attached hydrogen (secondary N) is 1. The first-order valence-corrected chi connectivity index (χ1v) is 13.1. The maximum atomic E-state index is 14.0. The molecular formula is C27H24BrCl2N3O4. The summed E-state index contributed by atoms with van der Waals surface area (Å²) in [6.45, 7) is 4.37. The van der Waals surface area contributed by atoms with Crippen LogP contribution in [0.3, 0.4) is 0 Å². The SMILES string of the molecule is CC(C)CCN1C(=O)C(NC(=O)Oc2cccc(Br)c2)C(=O)N(c2ccccc2)c2cc(Cl)c(Cl)cc21. The average Bonchev–Trinajstić information content (AvgIpc) is 2.92. The van der Waals surface area contributed by atoms with Gasteiger partial charge in [-0.3, -0.25) is 14.5 Å². The van der Waals surface area contributed by atoms with E-state index in [9.17, 15) is 14.4 Å². The molecule has 3 amide bonds. The van der Waals surface area contributed by atoms with Crippen LogP contribution in [0.25, 0.3) is 0 Å². The summed E-state index contributed by atoms with van der Waals surface area (Å²) in [7, 11) is 0. The predicted molar refractivity (Wildman–Crippen MR) is 149 cm³/mol. The Labute approximate surface area is 233 Å². The summed E-state index contributed by atoms with van der Waals surface area (Å²) in [5.41, 5.74) is 1.30. The van der Waals surface area contributed by atoms with Crippen molar-refractivity contribution in [1.82, 2.24) is 5.32 Å².